The molecule has 4 aromatic rings. The average molecular weight is 627 g/mol. The second-order valence-electron chi connectivity index (χ2n) is 11.7. The molecule has 1 aliphatic heterocycles. The van der Waals surface area contributed by atoms with Gasteiger partial charge in [-0.25, -0.2) is 0 Å². The van der Waals surface area contributed by atoms with Gasteiger partial charge in [-0.15, -0.1) is 0 Å². The van der Waals surface area contributed by atoms with Gasteiger partial charge in [0.2, 0.25) is 0 Å². The van der Waals surface area contributed by atoms with Gasteiger partial charge in [0, 0.05) is 30.0 Å². The van der Waals surface area contributed by atoms with E-state index in [-0.39, 0.29) is 30.3 Å². The van der Waals surface area contributed by atoms with Crippen molar-refractivity contribution in [1.82, 2.24) is 0 Å². The van der Waals surface area contributed by atoms with Crippen LogP contribution in [-0.4, -0.2) is 31.6 Å². The third kappa shape index (κ3) is 8.05. The maximum atomic E-state index is 13.2. The van der Waals surface area contributed by atoms with Gasteiger partial charge in [0.1, 0.15) is 6.61 Å². The summed E-state index contributed by atoms with van der Waals surface area (Å²) in [6.45, 7) is 5.78. The predicted molar refractivity (Wildman–Crippen MR) is 176 cm³/mol. The van der Waals surface area contributed by atoms with Crippen LogP contribution in [0.3, 0.4) is 0 Å². The van der Waals surface area contributed by atoms with Crippen LogP contribution >= 0.6 is 0 Å². The molecule has 46 heavy (non-hydrogen) atoms. The summed E-state index contributed by atoms with van der Waals surface area (Å²) in [5.74, 6) is -0.715. The Hall–Kier alpha value is -4.85. The maximum Gasteiger partial charge on any atom is 0.416 e. The number of hydrogen-bond donors (Lipinski definition) is 1. The zero-order valence-electron chi connectivity index (χ0n) is 25.9. The summed E-state index contributed by atoms with van der Waals surface area (Å²) in [6.07, 6.45) is -0.860. The first kappa shape index (κ1) is 32.5. The smallest absolute Gasteiger partial charge is 0.416 e. The topological polar surface area (TPSA) is 58.6 Å². The number of benzene rings is 4. The Morgan fingerprint density at radius 1 is 0.870 bits per heavy atom. The Bertz CT molecular complexity index is 1650. The normalized spacial score (nSPS) is 14.3. The summed E-state index contributed by atoms with van der Waals surface area (Å²) in [4.78, 5) is 28.7. The van der Waals surface area contributed by atoms with E-state index in [4.69, 9.17) is 4.74 Å². The third-order valence-corrected chi connectivity index (χ3v) is 8.33. The van der Waals surface area contributed by atoms with Crippen LogP contribution in [0, 0.1) is 5.92 Å². The van der Waals surface area contributed by atoms with Gasteiger partial charge >= 0.3 is 12.1 Å². The molecule has 0 bridgehead atoms. The molecule has 8 heteroatoms. The van der Waals surface area contributed by atoms with Gasteiger partial charge in [-0.05, 0) is 97.8 Å². The highest BCUT2D eigenvalue weighted by molar-refractivity contribution is 6.08. The van der Waals surface area contributed by atoms with E-state index in [1.165, 1.54) is 12.1 Å². The number of halogens is 3. The number of ether oxygens (including phenoxy) is 1. The number of allylic oxidation sites excluding steroid dienone is 1. The standard InChI is InChI=1S/C38H37F3N2O3/c1-26(2)22-25-46-37(45)35(28-8-4-3-5-9-28)29-20-23-43(24-21-29)32-18-16-31(17-19-32)42-36(44)34-11-7-6-10-33(34)27-12-14-30(15-13-27)38(39,40)41/h3-19,22,29,35H,20-21,23-25H2,1-2H3,(H,42,44). The van der Waals surface area contributed by atoms with E-state index in [1.807, 2.05) is 74.5 Å². The molecule has 0 spiro atoms. The van der Waals surface area contributed by atoms with Crippen LogP contribution in [0.4, 0.5) is 24.5 Å². The molecule has 1 heterocycles. The Labute approximate surface area is 267 Å². The molecular weight excluding hydrogens is 589 g/mol. The van der Waals surface area contributed by atoms with Crippen molar-refractivity contribution in [3.05, 3.63) is 131 Å². The Morgan fingerprint density at radius 2 is 1.50 bits per heavy atom. The molecule has 5 rings (SSSR count). The van der Waals surface area contributed by atoms with Gasteiger partial charge in [0.15, 0.2) is 0 Å². The number of rotatable bonds is 9. The van der Waals surface area contributed by atoms with Gasteiger partial charge in [0.25, 0.3) is 5.91 Å². The van der Waals surface area contributed by atoms with Crippen LogP contribution < -0.4 is 10.2 Å². The fraction of sp³-hybridized carbons (Fsp3) is 0.263. The lowest BCUT2D eigenvalue weighted by atomic mass is 9.80. The number of hydrogen-bond acceptors (Lipinski definition) is 4. The Morgan fingerprint density at radius 3 is 2.13 bits per heavy atom. The zero-order valence-corrected chi connectivity index (χ0v) is 25.9. The molecule has 0 aromatic heterocycles. The van der Waals surface area contributed by atoms with E-state index in [0.29, 0.717) is 22.4 Å². The second kappa shape index (κ2) is 14.5. The van der Waals surface area contributed by atoms with Gasteiger partial charge in [0.05, 0.1) is 11.5 Å². The van der Waals surface area contributed by atoms with E-state index < -0.39 is 11.7 Å². The number of alkyl halides is 3. The number of amides is 1. The largest absolute Gasteiger partial charge is 0.461 e. The highest BCUT2D eigenvalue weighted by atomic mass is 19.4. The van der Waals surface area contributed by atoms with E-state index >= 15 is 0 Å². The summed E-state index contributed by atoms with van der Waals surface area (Å²) >= 11 is 0. The fourth-order valence-corrected chi connectivity index (χ4v) is 5.86. The van der Waals surface area contributed by atoms with Crippen molar-refractivity contribution < 1.29 is 27.5 Å². The SMILES string of the molecule is CC(C)=CCOC(=O)C(c1ccccc1)C1CCN(c2ccc(NC(=O)c3ccccc3-c3ccc(C(F)(F)F)cc3)cc2)CC1. The number of nitrogens with zero attached hydrogens (tertiary/aromatic N) is 1. The van der Waals surface area contributed by atoms with E-state index in [1.54, 1.807) is 24.3 Å². The monoisotopic (exact) mass is 626 g/mol. The fourth-order valence-electron chi connectivity index (χ4n) is 5.86. The lowest BCUT2D eigenvalue weighted by Crippen LogP contribution is -2.37. The number of nitrogens with one attached hydrogen (secondary N) is 1. The van der Waals surface area contributed by atoms with Crippen LogP contribution in [0.2, 0.25) is 0 Å². The summed E-state index contributed by atoms with van der Waals surface area (Å²) in [7, 11) is 0. The van der Waals surface area contributed by atoms with Gasteiger partial charge in [-0.3, -0.25) is 9.59 Å². The van der Waals surface area contributed by atoms with Gasteiger partial charge < -0.3 is 15.0 Å². The van der Waals surface area contributed by atoms with Crippen molar-refractivity contribution in [3.8, 4) is 11.1 Å². The Balaban J connectivity index is 1.22. The van der Waals surface area contributed by atoms with Crippen LogP contribution in [0.1, 0.15) is 54.1 Å². The molecule has 1 fully saturated rings. The first-order valence-corrected chi connectivity index (χ1v) is 15.4. The number of anilines is 2. The second-order valence-corrected chi connectivity index (χ2v) is 11.7. The number of carbonyl (C=O) groups excluding carboxylic acids is 2. The van der Waals surface area contributed by atoms with Crippen molar-refractivity contribution >= 4 is 23.3 Å². The Kier molecular flexibility index (Phi) is 10.3. The molecule has 1 atom stereocenters. The van der Waals surface area contributed by atoms with E-state index in [0.717, 1.165) is 54.9 Å². The minimum absolute atomic E-state index is 0.154. The molecular formula is C38H37F3N2O3. The summed E-state index contributed by atoms with van der Waals surface area (Å²) < 4.78 is 44.8. The van der Waals surface area contributed by atoms with Crippen LogP contribution in [0.5, 0.6) is 0 Å². The summed E-state index contributed by atoms with van der Waals surface area (Å²) in [5, 5.41) is 2.92. The van der Waals surface area contributed by atoms with Crippen LogP contribution in [-0.2, 0) is 15.7 Å². The van der Waals surface area contributed by atoms with Crippen molar-refractivity contribution in [3.63, 3.8) is 0 Å². The molecule has 0 aliphatic carbocycles. The van der Waals surface area contributed by atoms with Crippen molar-refractivity contribution in [2.24, 2.45) is 5.92 Å². The zero-order chi connectivity index (χ0) is 32.7. The van der Waals surface area contributed by atoms with Crippen molar-refractivity contribution in [1.29, 1.82) is 0 Å². The lowest BCUT2D eigenvalue weighted by Gasteiger charge is -2.36. The quantitative estimate of drug-likeness (QED) is 0.149. The van der Waals surface area contributed by atoms with Crippen LogP contribution in [0.15, 0.2) is 115 Å². The van der Waals surface area contributed by atoms with Gasteiger partial charge in [-0.1, -0.05) is 66.2 Å². The highest BCUT2D eigenvalue weighted by Gasteiger charge is 2.34. The van der Waals surface area contributed by atoms with Crippen molar-refractivity contribution in [2.75, 3.05) is 29.9 Å². The number of piperidine rings is 1. The average Bonchev–Trinajstić information content (AvgIpc) is 3.05. The molecule has 238 valence electrons. The molecule has 0 radical (unpaired) electrons. The lowest BCUT2D eigenvalue weighted by molar-refractivity contribution is -0.146. The third-order valence-electron chi connectivity index (χ3n) is 8.33. The molecule has 5 nitrogen and oxygen atoms in total. The van der Waals surface area contributed by atoms with Crippen LogP contribution in [0.25, 0.3) is 11.1 Å². The minimum Gasteiger partial charge on any atom is -0.461 e. The molecule has 1 aliphatic rings. The minimum atomic E-state index is -4.43. The molecule has 4 aromatic carbocycles. The molecule has 0 saturated carbocycles. The molecule has 1 N–H and O–H groups in total. The molecule has 1 saturated heterocycles. The summed E-state index contributed by atoms with van der Waals surface area (Å²) in [5.41, 5.74) is 4.39. The highest BCUT2D eigenvalue weighted by Crippen LogP contribution is 2.36. The van der Waals surface area contributed by atoms with E-state index in [9.17, 15) is 22.8 Å². The predicted octanol–water partition coefficient (Wildman–Crippen LogP) is 9.13. The molecule has 1 unspecified atom stereocenters. The van der Waals surface area contributed by atoms with Gasteiger partial charge in [-0.2, -0.15) is 13.2 Å². The van der Waals surface area contributed by atoms with Crippen molar-refractivity contribution in [2.45, 2.75) is 38.8 Å². The first-order chi connectivity index (χ1) is 22.1. The summed E-state index contributed by atoms with van der Waals surface area (Å²) in [6, 6.07) is 29.1. The number of esters is 1. The number of carbonyl (C=O) groups is 2. The molecule has 1 amide bonds. The first-order valence-electron chi connectivity index (χ1n) is 15.4. The van der Waals surface area contributed by atoms with E-state index in [2.05, 4.69) is 10.2 Å². The maximum absolute atomic E-state index is 13.2.